The highest BCUT2D eigenvalue weighted by Gasteiger charge is 2.20. The van der Waals surface area contributed by atoms with Crippen LogP contribution >= 0.6 is 0 Å². The number of carbonyl (C=O) groups is 2. The summed E-state index contributed by atoms with van der Waals surface area (Å²) in [6, 6.07) is 3.59. The number of esters is 2. The molecule has 1 aromatic carbocycles. The Balaban J connectivity index is 2.44. The molecule has 3 aromatic rings. The van der Waals surface area contributed by atoms with Gasteiger partial charge in [-0.3, -0.25) is 9.59 Å². The van der Waals surface area contributed by atoms with Crippen LogP contribution in [0, 0.1) is 0 Å². The molecule has 28 heavy (non-hydrogen) atoms. The fourth-order valence-corrected chi connectivity index (χ4v) is 3.08. The van der Waals surface area contributed by atoms with Crippen LogP contribution in [0.4, 0.5) is 0 Å². The summed E-state index contributed by atoms with van der Waals surface area (Å²) in [4.78, 5) is 52.0. The Morgan fingerprint density at radius 3 is 2.39 bits per heavy atom. The van der Waals surface area contributed by atoms with E-state index in [1.54, 1.807) is 6.92 Å². The average molecular weight is 385 g/mol. The Morgan fingerprint density at radius 1 is 1.04 bits per heavy atom. The first-order valence-corrected chi connectivity index (χ1v) is 8.83. The van der Waals surface area contributed by atoms with Gasteiger partial charge in [0.25, 0.3) is 0 Å². The highest BCUT2D eigenvalue weighted by Crippen LogP contribution is 2.26. The number of pyridine rings is 1. The zero-order chi connectivity index (χ0) is 20.4. The third-order valence-corrected chi connectivity index (χ3v) is 4.30. The minimum Gasteiger partial charge on any atom is -0.463 e. The van der Waals surface area contributed by atoms with Gasteiger partial charge in [0.1, 0.15) is 11.3 Å². The first kappa shape index (κ1) is 19.3. The zero-order valence-corrected chi connectivity index (χ0v) is 15.7. The molecule has 0 aliphatic rings. The molecule has 0 saturated heterocycles. The Morgan fingerprint density at radius 2 is 1.75 bits per heavy atom. The predicted octanol–water partition coefficient (Wildman–Crippen LogP) is 2.55. The summed E-state index contributed by atoms with van der Waals surface area (Å²) in [7, 11) is 1.18. The summed E-state index contributed by atoms with van der Waals surface area (Å²) < 4.78 is 15.3. The number of methoxy groups -OCH3 is 1. The van der Waals surface area contributed by atoms with Gasteiger partial charge in [0, 0.05) is 23.1 Å². The molecule has 0 fully saturated rings. The molecule has 2 heterocycles. The highest BCUT2D eigenvalue weighted by molar-refractivity contribution is 6.00. The number of aromatic nitrogens is 1. The molecule has 0 aliphatic carbocycles. The number of hydrogen-bond acceptors (Lipinski definition) is 7. The smallest absolute Gasteiger partial charge is 0.374 e. The lowest BCUT2D eigenvalue weighted by Crippen LogP contribution is -2.15. The van der Waals surface area contributed by atoms with Gasteiger partial charge in [-0.05, 0) is 19.4 Å². The van der Waals surface area contributed by atoms with Crippen LogP contribution in [0.5, 0.6) is 0 Å². The van der Waals surface area contributed by atoms with Crippen molar-refractivity contribution >= 4 is 33.8 Å². The number of rotatable bonds is 5. The summed E-state index contributed by atoms with van der Waals surface area (Å²) in [5.41, 5.74) is 0.194. The second-order valence-corrected chi connectivity index (χ2v) is 6.14. The van der Waals surface area contributed by atoms with Gasteiger partial charge >= 0.3 is 11.9 Å². The van der Waals surface area contributed by atoms with E-state index in [0.29, 0.717) is 23.9 Å². The van der Waals surface area contributed by atoms with Crippen LogP contribution in [0.1, 0.15) is 46.9 Å². The summed E-state index contributed by atoms with van der Waals surface area (Å²) >= 11 is 0. The molecule has 0 bridgehead atoms. The number of hydrogen-bond donors (Lipinski definition) is 1. The Kier molecular flexibility index (Phi) is 5.30. The molecule has 8 heteroatoms. The molecular formula is C20H19NO7. The first-order valence-electron chi connectivity index (χ1n) is 8.83. The number of ether oxygens (including phenoxy) is 2. The van der Waals surface area contributed by atoms with Crippen molar-refractivity contribution < 1.29 is 23.5 Å². The van der Waals surface area contributed by atoms with Crippen LogP contribution in [0.2, 0.25) is 0 Å². The van der Waals surface area contributed by atoms with Crippen LogP contribution in [0.25, 0.3) is 21.9 Å². The van der Waals surface area contributed by atoms with Crippen LogP contribution in [-0.2, 0) is 15.9 Å². The fraction of sp³-hybridized carbons (Fsp3) is 0.300. The number of H-pyrrole nitrogens is 1. The van der Waals surface area contributed by atoms with Crippen LogP contribution < -0.4 is 10.9 Å². The molecule has 0 saturated carbocycles. The van der Waals surface area contributed by atoms with Crippen molar-refractivity contribution in [3.05, 3.63) is 55.7 Å². The third kappa shape index (κ3) is 3.28. The van der Waals surface area contributed by atoms with E-state index in [1.807, 2.05) is 6.92 Å². The molecule has 2 aromatic heterocycles. The molecule has 0 radical (unpaired) electrons. The quantitative estimate of drug-likeness (QED) is 0.530. The van der Waals surface area contributed by atoms with Gasteiger partial charge in [-0.1, -0.05) is 13.3 Å². The number of fused-ring (bicyclic) bond motifs is 2. The topological polar surface area (TPSA) is 116 Å². The molecule has 0 aliphatic heterocycles. The van der Waals surface area contributed by atoms with Crippen LogP contribution in [0.15, 0.2) is 32.2 Å². The summed E-state index contributed by atoms with van der Waals surface area (Å²) in [6.07, 6.45) is 1.12. The van der Waals surface area contributed by atoms with Gasteiger partial charge in [-0.15, -0.1) is 0 Å². The molecule has 146 valence electrons. The Bertz CT molecular complexity index is 1200. The molecule has 3 rings (SSSR count). The average Bonchev–Trinajstić information content (AvgIpc) is 2.68. The molecule has 0 unspecified atom stereocenters. The van der Waals surface area contributed by atoms with E-state index < -0.39 is 22.8 Å². The maximum atomic E-state index is 12.6. The number of aromatic amines is 1. The molecule has 8 nitrogen and oxygen atoms in total. The predicted molar refractivity (Wildman–Crippen MR) is 102 cm³/mol. The number of carbonyl (C=O) groups excluding carboxylic acids is 2. The van der Waals surface area contributed by atoms with Gasteiger partial charge in [0.2, 0.25) is 5.76 Å². The third-order valence-electron chi connectivity index (χ3n) is 4.30. The summed E-state index contributed by atoms with van der Waals surface area (Å²) in [5.74, 6) is -1.68. The summed E-state index contributed by atoms with van der Waals surface area (Å²) in [6.45, 7) is 3.74. The lowest BCUT2D eigenvalue weighted by molar-refractivity contribution is 0.0518. The normalized spacial score (nSPS) is 11.0. The van der Waals surface area contributed by atoms with Gasteiger partial charge in [-0.25, -0.2) is 9.59 Å². The maximum absolute atomic E-state index is 12.6. The van der Waals surface area contributed by atoms with Gasteiger partial charge < -0.3 is 18.9 Å². The molecule has 0 amide bonds. The van der Waals surface area contributed by atoms with E-state index in [0.717, 1.165) is 12.1 Å². The largest absolute Gasteiger partial charge is 0.463 e. The maximum Gasteiger partial charge on any atom is 0.374 e. The van der Waals surface area contributed by atoms with E-state index in [1.165, 1.54) is 13.2 Å². The summed E-state index contributed by atoms with van der Waals surface area (Å²) in [5, 5.41) is 0.431. The van der Waals surface area contributed by atoms with Crippen molar-refractivity contribution in [2.24, 2.45) is 0 Å². The van der Waals surface area contributed by atoms with Crippen molar-refractivity contribution in [1.29, 1.82) is 0 Å². The van der Waals surface area contributed by atoms with Crippen molar-refractivity contribution in [2.75, 3.05) is 13.7 Å². The van der Waals surface area contributed by atoms with Crippen LogP contribution in [-0.4, -0.2) is 30.6 Å². The van der Waals surface area contributed by atoms with Gasteiger partial charge in [0.05, 0.1) is 24.6 Å². The fourth-order valence-electron chi connectivity index (χ4n) is 3.08. The number of nitrogens with one attached hydrogen (secondary N) is 1. The van der Waals surface area contributed by atoms with E-state index in [-0.39, 0.29) is 34.4 Å². The second kappa shape index (κ2) is 7.67. The monoisotopic (exact) mass is 385 g/mol. The van der Waals surface area contributed by atoms with E-state index in [2.05, 4.69) is 9.72 Å². The van der Waals surface area contributed by atoms with Crippen molar-refractivity contribution in [1.82, 2.24) is 4.98 Å². The van der Waals surface area contributed by atoms with E-state index in [9.17, 15) is 19.2 Å². The van der Waals surface area contributed by atoms with Crippen molar-refractivity contribution in [3.63, 3.8) is 0 Å². The molecule has 0 spiro atoms. The minimum absolute atomic E-state index is 0.00234. The van der Waals surface area contributed by atoms with Crippen molar-refractivity contribution in [2.45, 2.75) is 26.7 Å². The molecular weight excluding hydrogens is 366 g/mol. The van der Waals surface area contributed by atoms with Gasteiger partial charge in [-0.2, -0.15) is 0 Å². The highest BCUT2D eigenvalue weighted by atomic mass is 16.5. The standard InChI is InChI=1S/C20H19NO7/c1-4-6-10-17-11(14(22)8-13(21-17)19(24)27-5-2)7-12-15(23)9-16(20(25)26-3)28-18(10)12/h7-9H,4-6H2,1-3H3,(H,21,22). The number of benzene rings is 1. The first-order chi connectivity index (χ1) is 13.4. The second-order valence-electron chi connectivity index (χ2n) is 6.14. The van der Waals surface area contributed by atoms with E-state index in [4.69, 9.17) is 9.15 Å². The zero-order valence-electron chi connectivity index (χ0n) is 15.7. The number of aryl methyl sites for hydroxylation is 1. The van der Waals surface area contributed by atoms with E-state index >= 15 is 0 Å². The Labute approximate surface area is 159 Å². The molecule has 0 atom stereocenters. The lowest BCUT2D eigenvalue weighted by Gasteiger charge is -2.11. The van der Waals surface area contributed by atoms with Crippen molar-refractivity contribution in [3.8, 4) is 0 Å². The molecule has 1 N–H and O–H groups in total. The lowest BCUT2D eigenvalue weighted by atomic mass is 10.0. The Hall–Kier alpha value is -3.42. The SMILES string of the molecule is CCCc1c2[nH]c(C(=O)OCC)cc(=O)c2cc2c(=O)cc(C(=O)OC)oc12. The van der Waals surface area contributed by atoms with Crippen LogP contribution in [0.3, 0.4) is 0 Å². The van der Waals surface area contributed by atoms with Gasteiger partial charge in [0.15, 0.2) is 10.9 Å². The minimum atomic E-state index is -0.782.